The van der Waals surface area contributed by atoms with Gasteiger partial charge in [0.25, 0.3) is 0 Å². The van der Waals surface area contributed by atoms with E-state index < -0.39 is 10.0 Å². The molecule has 0 aliphatic heterocycles. The zero-order valence-electron chi connectivity index (χ0n) is 9.92. The average molecular weight is 296 g/mol. The van der Waals surface area contributed by atoms with Gasteiger partial charge in [-0.15, -0.1) is 0 Å². The highest BCUT2D eigenvalue weighted by Gasteiger charge is 2.20. The summed E-state index contributed by atoms with van der Waals surface area (Å²) in [7, 11) is -3.53. The molecule has 0 amide bonds. The fourth-order valence-electron chi connectivity index (χ4n) is 1.33. The molecule has 0 bridgehead atoms. The van der Waals surface area contributed by atoms with Gasteiger partial charge in [-0.2, -0.15) is 0 Å². The van der Waals surface area contributed by atoms with Crippen molar-refractivity contribution in [1.29, 1.82) is 0 Å². The lowest BCUT2D eigenvalue weighted by Crippen LogP contribution is -2.32. The predicted octanol–water partition coefficient (Wildman–Crippen LogP) is 3.38. The summed E-state index contributed by atoms with van der Waals surface area (Å²) in [6, 6.07) is 2.81. The molecule has 0 radical (unpaired) electrons. The summed E-state index contributed by atoms with van der Waals surface area (Å²) in [5.74, 6) is 0. The predicted molar refractivity (Wildman–Crippen MR) is 71.3 cm³/mol. The van der Waals surface area contributed by atoms with Crippen molar-refractivity contribution in [2.75, 3.05) is 0 Å². The normalized spacial score (nSPS) is 13.7. The van der Waals surface area contributed by atoms with Gasteiger partial charge in [0, 0.05) is 6.04 Å². The van der Waals surface area contributed by atoms with Crippen molar-refractivity contribution in [1.82, 2.24) is 4.72 Å². The Labute approximate surface area is 112 Å². The molecule has 6 heteroatoms. The first-order chi connectivity index (χ1) is 7.77. The number of rotatable bonds is 4. The van der Waals surface area contributed by atoms with Crippen LogP contribution in [0.15, 0.2) is 17.0 Å². The van der Waals surface area contributed by atoms with Crippen LogP contribution in [0.25, 0.3) is 0 Å². The Morgan fingerprint density at radius 1 is 1.29 bits per heavy atom. The third kappa shape index (κ3) is 3.58. The fourth-order valence-corrected chi connectivity index (χ4v) is 3.35. The Morgan fingerprint density at radius 3 is 2.35 bits per heavy atom. The zero-order chi connectivity index (χ0) is 13.2. The van der Waals surface area contributed by atoms with Gasteiger partial charge < -0.3 is 0 Å². The maximum absolute atomic E-state index is 12.1. The van der Waals surface area contributed by atoms with Crippen molar-refractivity contribution in [2.24, 2.45) is 0 Å². The minimum absolute atomic E-state index is 0.117. The summed E-state index contributed by atoms with van der Waals surface area (Å²) in [6.45, 7) is 5.41. The molecule has 1 rings (SSSR count). The lowest BCUT2D eigenvalue weighted by atomic mass is 10.2. The zero-order valence-corrected chi connectivity index (χ0v) is 12.2. The maximum atomic E-state index is 12.1. The molecule has 1 aromatic rings. The van der Waals surface area contributed by atoms with Gasteiger partial charge in [0.2, 0.25) is 10.0 Å². The number of hydrogen-bond acceptors (Lipinski definition) is 2. The summed E-state index contributed by atoms with van der Waals surface area (Å²) in [6.07, 6.45) is 0.722. The van der Waals surface area contributed by atoms with Crippen LogP contribution >= 0.6 is 23.2 Å². The van der Waals surface area contributed by atoms with Crippen LogP contribution in [0.4, 0.5) is 0 Å². The van der Waals surface area contributed by atoms with E-state index in [2.05, 4.69) is 4.72 Å². The second kappa shape index (κ2) is 5.57. The van der Waals surface area contributed by atoms with Gasteiger partial charge in [0.1, 0.15) is 0 Å². The molecular formula is C11H15Cl2NO2S. The van der Waals surface area contributed by atoms with E-state index in [0.29, 0.717) is 10.6 Å². The van der Waals surface area contributed by atoms with Crippen LogP contribution in [0.5, 0.6) is 0 Å². The number of halogens is 2. The van der Waals surface area contributed by atoms with Crippen molar-refractivity contribution < 1.29 is 8.42 Å². The van der Waals surface area contributed by atoms with Gasteiger partial charge in [0.15, 0.2) is 0 Å². The molecule has 1 unspecified atom stereocenters. The standard InChI is InChI=1S/C11H15Cl2NO2S/c1-4-8(3)14-17(15,16)11-6-10(13)9(12)5-7(11)2/h5-6,8,14H,4H2,1-3H3. The van der Waals surface area contributed by atoms with Crippen molar-refractivity contribution in [2.45, 2.75) is 38.1 Å². The molecule has 1 aromatic carbocycles. The molecule has 0 saturated carbocycles. The minimum Gasteiger partial charge on any atom is -0.208 e. The second-order valence-electron chi connectivity index (χ2n) is 3.96. The number of nitrogens with one attached hydrogen (secondary N) is 1. The maximum Gasteiger partial charge on any atom is 0.241 e. The van der Waals surface area contributed by atoms with E-state index in [1.807, 2.05) is 13.8 Å². The number of benzene rings is 1. The van der Waals surface area contributed by atoms with Crippen LogP contribution in [-0.2, 0) is 10.0 Å². The number of aryl methyl sites for hydroxylation is 1. The Hall–Kier alpha value is -0.290. The first-order valence-electron chi connectivity index (χ1n) is 5.26. The van der Waals surface area contributed by atoms with E-state index in [1.54, 1.807) is 13.0 Å². The molecule has 0 saturated heterocycles. The van der Waals surface area contributed by atoms with E-state index in [1.165, 1.54) is 6.07 Å². The van der Waals surface area contributed by atoms with Gasteiger partial charge in [-0.25, -0.2) is 13.1 Å². The van der Waals surface area contributed by atoms with E-state index in [-0.39, 0.29) is 16.0 Å². The van der Waals surface area contributed by atoms with Crippen molar-refractivity contribution in [3.05, 3.63) is 27.7 Å². The molecule has 1 atom stereocenters. The summed E-state index contributed by atoms with van der Waals surface area (Å²) in [5, 5.41) is 0.591. The van der Waals surface area contributed by atoms with E-state index >= 15 is 0 Å². The van der Waals surface area contributed by atoms with Crippen LogP contribution in [-0.4, -0.2) is 14.5 Å². The van der Waals surface area contributed by atoms with Crippen LogP contribution in [0.2, 0.25) is 10.0 Å². The largest absolute Gasteiger partial charge is 0.241 e. The molecule has 0 aliphatic carbocycles. The third-order valence-electron chi connectivity index (χ3n) is 2.48. The quantitative estimate of drug-likeness (QED) is 0.926. The second-order valence-corrected chi connectivity index (χ2v) is 6.46. The van der Waals surface area contributed by atoms with Crippen LogP contribution < -0.4 is 4.72 Å². The van der Waals surface area contributed by atoms with Crippen molar-refractivity contribution >= 4 is 33.2 Å². The molecule has 96 valence electrons. The molecule has 17 heavy (non-hydrogen) atoms. The van der Waals surface area contributed by atoms with Crippen LogP contribution in [0, 0.1) is 6.92 Å². The molecule has 3 nitrogen and oxygen atoms in total. The lowest BCUT2D eigenvalue weighted by Gasteiger charge is -2.14. The number of hydrogen-bond donors (Lipinski definition) is 1. The SMILES string of the molecule is CCC(C)NS(=O)(=O)c1cc(Cl)c(Cl)cc1C. The van der Waals surface area contributed by atoms with Crippen molar-refractivity contribution in [3.63, 3.8) is 0 Å². The third-order valence-corrected chi connectivity index (χ3v) is 4.93. The van der Waals surface area contributed by atoms with Gasteiger partial charge in [0.05, 0.1) is 14.9 Å². The highest BCUT2D eigenvalue weighted by atomic mass is 35.5. The highest BCUT2D eigenvalue weighted by Crippen LogP contribution is 2.28. The molecule has 0 aliphatic rings. The Balaban J connectivity index is 3.20. The van der Waals surface area contributed by atoms with Gasteiger partial charge in [-0.05, 0) is 38.0 Å². The topological polar surface area (TPSA) is 46.2 Å². The van der Waals surface area contributed by atoms with Crippen LogP contribution in [0.3, 0.4) is 0 Å². The minimum atomic E-state index is -3.53. The fraction of sp³-hybridized carbons (Fsp3) is 0.455. The first-order valence-corrected chi connectivity index (χ1v) is 7.49. The molecular weight excluding hydrogens is 281 g/mol. The molecule has 1 N–H and O–H groups in total. The van der Waals surface area contributed by atoms with E-state index in [9.17, 15) is 8.42 Å². The monoisotopic (exact) mass is 295 g/mol. The summed E-state index contributed by atoms with van der Waals surface area (Å²) in [5.41, 5.74) is 0.579. The highest BCUT2D eigenvalue weighted by molar-refractivity contribution is 7.89. The van der Waals surface area contributed by atoms with Gasteiger partial charge in [-0.3, -0.25) is 0 Å². The Bertz CT molecular complexity index is 514. The van der Waals surface area contributed by atoms with Gasteiger partial charge >= 0.3 is 0 Å². The first kappa shape index (κ1) is 14.8. The van der Waals surface area contributed by atoms with Crippen LogP contribution in [0.1, 0.15) is 25.8 Å². The van der Waals surface area contributed by atoms with E-state index in [4.69, 9.17) is 23.2 Å². The summed E-state index contributed by atoms with van der Waals surface area (Å²) in [4.78, 5) is 0.173. The van der Waals surface area contributed by atoms with E-state index in [0.717, 1.165) is 6.42 Å². The molecule has 0 spiro atoms. The Kier molecular flexibility index (Phi) is 4.84. The van der Waals surface area contributed by atoms with Gasteiger partial charge in [-0.1, -0.05) is 30.1 Å². The summed E-state index contributed by atoms with van der Waals surface area (Å²) >= 11 is 11.7. The lowest BCUT2D eigenvalue weighted by molar-refractivity contribution is 0.555. The summed E-state index contributed by atoms with van der Waals surface area (Å²) < 4.78 is 26.7. The Morgan fingerprint density at radius 2 is 1.82 bits per heavy atom. The average Bonchev–Trinajstić information content (AvgIpc) is 2.22. The number of sulfonamides is 1. The molecule has 0 fully saturated rings. The molecule has 0 heterocycles. The van der Waals surface area contributed by atoms with Crippen molar-refractivity contribution in [3.8, 4) is 0 Å². The molecule has 0 aromatic heterocycles. The smallest absolute Gasteiger partial charge is 0.208 e.